The third kappa shape index (κ3) is 3.62. The van der Waals surface area contributed by atoms with Gasteiger partial charge in [0.05, 0.1) is 17.9 Å². The van der Waals surface area contributed by atoms with Crippen LogP contribution in [0.4, 0.5) is 4.79 Å². The van der Waals surface area contributed by atoms with E-state index in [-0.39, 0.29) is 17.1 Å². The van der Waals surface area contributed by atoms with Crippen LogP contribution in [0.2, 0.25) is 0 Å². The SMILES string of the molecule is COc1cc(/C=C2\SC(=O)NC2=O)ccc1OC(=O)C1CCCC1. The van der Waals surface area contributed by atoms with Crippen LogP contribution >= 0.6 is 11.8 Å². The van der Waals surface area contributed by atoms with E-state index >= 15 is 0 Å². The minimum atomic E-state index is -0.416. The summed E-state index contributed by atoms with van der Waals surface area (Å²) in [5, 5.41) is 1.81. The molecule has 1 N–H and O–H groups in total. The highest BCUT2D eigenvalue weighted by Gasteiger charge is 2.26. The van der Waals surface area contributed by atoms with Crippen LogP contribution in [0.25, 0.3) is 6.08 Å². The maximum atomic E-state index is 12.1. The van der Waals surface area contributed by atoms with Crippen molar-refractivity contribution in [1.29, 1.82) is 0 Å². The van der Waals surface area contributed by atoms with Crippen molar-refractivity contribution in [3.05, 3.63) is 28.7 Å². The third-order valence-corrected chi connectivity index (χ3v) is 4.84. The van der Waals surface area contributed by atoms with Gasteiger partial charge in [-0.25, -0.2) is 0 Å². The molecule has 6 nitrogen and oxygen atoms in total. The van der Waals surface area contributed by atoms with Gasteiger partial charge in [-0.05, 0) is 48.4 Å². The van der Waals surface area contributed by atoms with E-state index in [2.05, 4.69) is 5.32 Å². The van der Waals surface area contributed by atoms with E-state index in [1.165, 1.54) is 7.11 Å². The Bertz CT molecular complexity index is 722. The molecule has 0 spiro atoms. The minimum absolute atomic E-state index is 0.0407. The Morgan fingerprint density at radius 1 is 1.25 bits per heavy atom. The van der Waals surface area contributed by atoms with Crippen LogP contribution in [0, 0.1) is 5.92 Å². The van der Waals surface area contributed by atoms with Crippen molar-refractivity contribution in [1.82, 2.24) is 5.32 Å². The molecule has 0 aromatic heterocycles. The minimum Gasteiger partial charge on any atom is -0.493 e. The Morgan fingerprint density at radius 2 is 2.00 bits per heavy atom. The van der Waals surface area contributed by atoms with Crippen molar-refractivity contribution in [2.75, 3.05) is 7.11 Å². The van der Waals surface area contributed by atoms with Crippen LogP contribution in [0.5, 0.6) is 11.5 Å². The van der Waals surface area contributed by atoms with Crippen molar-refractivity contribution < 1.29 is 23.9 Å². The number of thioether (sulfide) groups is 1. The van der Waals surface area contributed by atoms with Gasteiger partial charge in [-0.2, -0.15) is 0 Å². The van der Waals surface area contributed by atoms with Gasteiger partial charge < -0.3 is 9.47 Å². The normalized spacial score (nSPS) is 19.6. The number of nitrogens with one attached hydrogen (secondary N) is 1. The number of imide groups is 1. The van der Waals surface area contributed by atoms with Gasteiger partial charge in [-0.3, -0.25) is 19.7 Å². The Balaban J connectivity index is 1.78. The fraction of sp³-hybridized carbons (Fsp3) is 0.353. The maximum Gasteiger partial charge on any atom is 0.314 e. The van der Waals surface area contributed by atoms with E-state index in [1.807, 2.05) is 0 Å². The van der Waals surface area contributed by atoms with Gasteiger partial charge >= 0.3 is 5.97 Å². The molecule has 1 aliphatic carbocycles. The standard InChI is InChI=1S/C17H17NO5S/c1-22-13-8-10(9-14-15(19)18-17(21)24-14)6-7-12(13)23-16(20)11-4-2-3-5-11/h6-9,11H,2-5H2,1H3,(H,18,19,21)/b14-9-. The molecular formula is C17H17NO5S. The summed E-state index contributed by atoms with van der Waals surface area (Å²) in [6.45, 7) is 0. The highest BCUT2D eigenvalue weighted by Crippen LogP contribution is 2.33. The number of hydrogen-bond acceptors (Lipinski definition) is 6. The highest BCUT2D eigenvalue weighted by molar-refractivity contribution is 8.18. The maximum absolute atomic E-state index is 12.1. The van der Waals surface area contributed by atoms with Crippen LogP contribution in [0.3, 0.4) is 0 Å². The molecule has 24 heavy (non-hydrogen) atoms. The van der Waals surface area contributed by atoms with Gasteiger partial charge in [-0.1, -0.05) is 18.9 Å². The van der Waals surface area contributed by atoms with Crippen molar-refractivity contribution in [2.24, 2.45) is 5.92 Å². The van der Waals surface area contributed by atoms with Crippen LogP contribution in [-0.2, 0) is 9.59 Å². The average Bonchev–Trinajstić information content (AvgIpc) is 3.19. The molecule has 1 aromatic rings. The molecule has 126 valence electrons. The summed E-state index contributed by atoms with van der Waals surface area (Å²) in [4.78, 5) is 35.2. The lowest BCUT2D eigenvalue weighted by Gasteiger charge is -2.12. The number of amides is 2. The molecule has 2 fully saturated rings. The quantitative estimate of drug-likeness (QED) is 0.512. The highest BCUT2D eigenvalue weighted by atomic mass is 32.2. The summed E-state index contributed by atoms with van der Waals surface area (Å²) >= 11 is 0.849. The first-order valence-corrected chi connectivity index (χ1v) is 8.53. The number of methoxy groups -OCH3 is 1. The number of esters is 1. The number of benzene rings is 1. The average molecular weight is 347 g/mol. The summed E-state index contributed by atoms with van der Waals surface area (Å²) in [5.74, 6) is 0.0802. The molecule has 1 saturated carbocycles. The van der Waals surface area contributed by atoms with Crippen molar-refractivity contribution in [3.63, 3.8) is 0 Å². The largest absolute Gasteiger partial charge is 0.493 e. The zero-order valence-corrected chi connectivity index (χ0v) is 14.0. The molecule has 2 amide bonds. The molecule has 0 radical (unpaired) electrons. The third-order valence-electron chi connectivity index (χ3n) is 4.03. The number of ether oxygens (including phenoxy) is 2. The molecular weight excluding hydrogens is 330 g/mol. The van der Waals surface area contributed by atoms with Gasteiger partial charge in [0.1, 0.15) is 0 Å². The molecule has 3 rings (SSSR count). The van der Waals surface area contributed by atoms with Gasteiger partial charge in [0.15, 0.2) is 11.5 Å². The van der Waals surface area contributed by atoms with E-state index in [9.17, 15) is 14.4 Å². The van der Waals surface area contributed by atoms with E-state index < -0.39 is 5.91 Å². The first-order valence-electron chi connectivity index (χ1n) is 7.71. The van der Waals surface area contributed by atoms with Crippen molar-refractivity contribution in [3.8, 4) is 11.5 Å². The Morgan fingerprint density at radius 3 is 2.62 bits per heavy atom. The van der Waals surface area contributed by atoms with Crippen LogP contribution < -0.4 is 14.8 Å². The van der Waals surface area contributed by atoms with E-state index in [0.717, 1.165) is 37.4 Å². The lowest BCUT2D eigenvalue weighted by atomic mass is 10.1. The van der Waals surface area contributed by atoms with Gasteiger partial charge in [0, 0.05) is 0 Å². The summed E-state index contributed by atoms with van der Waals surface area (Å²) < 4.78 is 10.7. The van der Waals surface area contributed by atoms with E-state index in [4.69, 9.17) is 9.47 Å². The number of rotatable bonds is 4. The predicted molar refractivity (Wildman–Crippen MR) is 89.7 cm³/mol. The molecule has 0 unspecified atom stereocenters. The summed E-state index contributed by atoms with van der Waals surface area (Å²) in [6.07, 6.45) is 5.44. The van der Waals surface area contributed by atoms with Crippen LogP contribution in [0.15, 0.2) is 23.1 Å². The van der Waals surface area contributed by atoms with Crippen molar-refractivity contribution in [2.45, 2.75) is 25.7 Å². The van der Waals surface area contributed by atoms with Gasteiger partial charge in [0.25, 0.3) is 11.1 Å². The Kier molecular flexibility index (Phi) is 4.89. The first kappa shape index (κ1) is 16.6. The van der Waals surface area contributed by atoms with Crippen molar-refractivity contribution >= 4 is 35.0 Å². The molecule has 1 heterocycles. The second-order valence-electron chi connectivity index (χ2n) is 5.67. The van der Waals surface area contributed by atoms with E-state index in [1.54, 1.807) is 24.3 Å². The molecule has 1 aliphatic heterocycles. The second kappa shape index (κ2) is 7.09. The number of hydrogen-bond donors (Lipinski definition) is 1. The monoisotopic (exact) mass is 347 g/mol. The smallest absolute Gasteiger partial charge is 0.314 e. The summed E-state index contributed by atoms with van der Waals surface area (Å²) in [7, 11) is 1.49. The molecule has 1 aromatic carbocycles. The number of carbonyl (C=O) groups excluding carboxylic acids is 3. The zero-order valence-electron chi connectivity index (χ0n) is 13.2. The van der Waals surface area contributed by atoms with Crippen LogP contribution in [-0.4, -0.2) is 24.2 Å². The lowest BCUT2D eigenvalue weighted by Crippen LogP contribution is -2.18. The fourth-order valence-corrected chi connectivity index (χ4v) is 3.47. The molecule has 0 bridgehead atoms. The summed E-state index contributed by atoms with van der Waals surface area (Å²) in [6, 6.07) is 5.02. The van der Waals surface area contributed by atoms with Crippen LogP contribution in [0.1, 0.15) is 31.2 Å². The molecule has 7 heteroatoms. The summed E-state index contributed by atoms with van der Waals surface area (Å²) in [5.41, 5.74) is 0.680. The molecule has 2 aliphatic rings. The second-order valence-corrected chi connectivity index (χ2v) is 6.68. The Hall–Kier alpha value is -2.28. The van der Waals surface area contributed by atoms with E-state index in [0.29, 0.717) is 22.0 Å². The topological polar surface area (TPSA) is 81.7 Å². The molecule has 1 saturated heterocycles. The Labute approximate surface area is 143 Å². The lowest BCUT2D eigenvalue weighted by molar-refractivity contribution is -0.138. The van der Waals surface area contributed by atoms with Gasteiger partial charge in [0.2, 0.25) is 0 Å². The predicted octanol–water partition coefficient (Wildman–Crippen LogP) is 3.11. The first-order chi connectivity index (χ1) is 11.6. The fourth-order valence-electron chi connectivity index (χ4n) is 2.78. The van der Waals surface area contributed by atoms with Gasteiger partial charge in [-0.15, -0.1) is 0 Å². The molecule has 0 atom stereocenters. The zero-order chi connectivity index (χ0) is 17.1. The number of carbonyl (C=O) groups is 3.